The number of carbonyl (C=O) groups excluding carboxylic acids is 2. The van der Waals surface area contributed by atoms with Crippen LogP contribution in [0.4, 0.5) is 0 Å². The Balaban J connectivity index is 1.31. The van der Waals surface area contributed by atoms with Crippen molar-refractivity contribution in [2.45, 2.75) is 32.8 Å². The van der Waals surface area contributed by atoms with E-state index in [-0.39, 0.29) is 30.4 Å². The molecule has 2 aromatic rings. The Bertz CT molecular complexity index is 877. The fourth-order valence-electron chi connectivity index (χ4n) is 4.30. The molecule has 4 rings (SSSR count). The van der Waals surface area contributed by atoms with Crippen molar-refractivity contribution in [1.29, 1.82) is 0 Å². The van der Waals surface area contributed by atoms with E-state index in [0.717, 1.165) is 36.8 Å². The van der Waals surface area contributed by atoms with Gasteiger partial charge in [0.2, 0.25) is 11.8 Å². The summed E-state index contributed by atoms with van der Waals surface area (Å²) >= 11 is 0. The van der Waals surface area contributed by atoms with Gasteiger partial charge in [-0.3, -0.25) is 9.59 Å². The number of nitrogens with zero attached hydrogens (tertiary/aromatic N) is 3. The summed E-state index contributed by atoms with van der Waals surface area (Å²) in [4.78, 5) is 36.4. The van der Waals surface area contributed by atoms with Gasteiger partial charge in [0.15, 0.2) is 0 Å². The molecule has 1 N–H and O–H groups in total. The lowest BCUT2D eigenvalue weighted by molar-refractivity contribution is -0.145. The van der Waals surface area contributed by atoms with Crippen molar-refractivity contribution in [2.75, 3.05) is 33.3 Å². The van der Waals surface area contributed by atoms with Crippen LogP contribution in [0.3, 0.4) is 0 Å². The third kappa shape index (κ3) is 3.43. The Labute approximate surface area is 158 Å². The summed E-state index contributed by atoms with van der Waals surface area (Å²) in [6.07, 6.45) is 2.64. The van der Waals surface area contributed by atoms with Crippen molar-refractivity contribution in [3.8, 4) is 0 Å². The number of hydrogen-bond acceptors (Lipinski definition) is 4. The highest BCUT2D eigenvalue weighted by atomic mass is 16.5. The number of nitrogens with one attached hydrogen (secondary N) is 1. The number of aromatic amines is 1. The summed E-state index contributed by atoms with van der Waals surface area (Å²) in [5.41, 5.74) is 2.66. The molecule has 27 heavy (non-hydrogen) atoms. The van der Waals surface area contributed by atoms with E-state index in [0.29, 0.717) is 18.9 Å². The normalized spacial score (nSPS) is 23.0. The van der Waals surface area contributed by atoms with E-state index in [1.165, 1.54) is 5.56 Å². The average Bonchev–Trinajstić information content (AvgIpc) is 3.24. The summed E-state index contributed by atoms with van der Waals surface area (Å²) in [7, 11) is 1.85. The lowest BCUT2D eigenvalue weighted by Gasteiger charge is -2.37. The maximum absolute atomic E-state index is 12.6. The second-order valence-corrected chi connectivity index (χ2v) is 7.87. The van der Waals surface area contributed by atoms with E-state index in [1.807, 2.05) is 32.2 Å². The number of aryl methyl sites for hydroxylation is 1. The molecule has 0 aliphatic carbocycles. The fraction of sp³-hybridized carbons (Fsp3) is 0.550. The van der Waals surface area contributed by atoms with Crippen molar-refractivity contribution in [3.63, 3.8) is 0 Å². The van der Waals surface area contributed by atoms with Crippen LogP contribution in [-0.2, 0) is 20.9 Å². The molecule has 1 aromatic heterocycles. The number of imidazole rings is 1. The number of rotatable bonds is 4. The van der Waals surface area contributed by atoms with Crippen LogP contribution in [0.5, 0.6) is 0 Å². The van der Waals surface area contributed by atoms with Gasteiger partial charge in [0.25, 0.3) is 0 Å². The monoisotopic (exact) mass is 370 g/mol. The predicted molar refractivity (Wildman–Crippen MR) is 101 cm³/mol. The Kier molecular flexibility index (Phi) is 4.63. The number of fused-ring (bicyclic) bond motifs is 1. The SMILES string of the molecule is Cc1ccc2nc(COCC(=O)N3CC[C@]4(CCCN(C)C4=O)C3)[nH]c2c1. The minimum atomic E-state index is -0.376. The third-order valence-corrected chi connectivity index (χ3v) is 5.81. The van der Waals surface area contributed by atoms with Crippen LogP contribution >= 0.6 is 0 Å². The molecule has 2 saturated heterocycles. The lowest BCUT2D eigenvalue weighted by Crippen LogP contribution is -2.48. The first kappa shape index (κ1) is 18.0. The molecule has 2 fully saturated rings. The number of piperidine rings is 1. The number of H-pyrrole nitrogens is 1. The van der Waals surface area contributed by atoms with E-state index in [4.69, 9.17) is 4.74 Å². The topological polar surface area (TPSA) is 78.5 Å². The molecule has 7 heteroatoms. The minimum absolute atomic E-state index is 0.0101. The van der Waals surface area contributed by atoms with E-state index in [1.54, 1.807) is 9.80 Å². The average molecular weight is 370 g/mol. The molecule has 2 amide bonds. The second kappa shape index (κ2) is 6.96. The molecular weight excluding hydrogens is 344 g/mol. The highest BCUT2D eigenvalue weighted by molar-refractivity contribution is 5.86. The van der Waals surface area contributed by atoms with Crippen LogP contribution < -0.4 is 0 Å². The summed E-state index contributed by atoms with van der Waals surface area (Å²) in [6, 6.07) is 6.03. The van der Waals surface area contributed by atoms with Gasteiger partial charge in [-0.15, -0.1) is 0 Å². The van der Waals surface area contributed by atoms with Gasteiger partial charge in [-0.2, -0.15) is 0 Å². The van der Waals surface area contributed by atoms with Crippen molar-refractivity contribution < 1.29 is 14.3 Å². The van der Waals surface area contributed by atoms with Crippen LogP contribution in [0, 0.1) is 12.3 Å². The van der Waals surface area contributed by atoms with Crippen LogP contribution in [0.2, 0.25) is 0 Å². The zero-order valence-electron chi connectivity index (χ0n) is 16.0. The van der Waals surface area contributed by atoms with Crippen molar-refractivity contribution in [2.24, 2.45) is 5.41 Å². The molecule has 2 aliphatic rings. The zero-order valence-corrected chi connectivity index (χ0v) is 16.0. The first-order chi connectivity index (χ1) is 13.0. The minimum Gasteiger partial charge on any atom is -0.364 e. The predicted octanol–water partition coefficient (Wildman–Crippen LogP) is 1.86. The molecular formula is C20H26N4O3. The number of ether oxygens (including phenoxy) is 1. The first-order valence-corrected chi connectivity index (χ1v) is 9.53. The number of benzene rings is 1. The Hall–Kier alpha value is -2.41. The fourth-order valence-corrected chi connectivity index (χ4v) is 4.30. The first-order valence-electron chi connectivity index (χ1n) is 9.53. The standard InChI is InChI=1S/C20H26N4O3/c1-14-4-5-15-16(10-14)22-17(21-15)11-27-12-18(25)24-9-7-20(13-24)6-3-8-23(2)19(20)26/h4-5,10H,3,6-9,11-13H2,1-2H3,(H,21,22)/t20-/m1/s1. The van der Waals surface area contributed by atoms with Crippen molar-refractivity contribution >= 4 is 22.8 Å². The van der Waals surface area contributed by atoms with Crippen LogP contribution in [0.25, 0.3) is 11.0 Å². The zero-order chi connectivity index (χ0) is 19.0. The largest absolute Gasteiger partial charge is 0.364 e. The van der Waals surface area contributed by atoms with Gasteiger partial charge in [0.1, 0.15) is 19.0 Å². The molecule has 1 spiro atoms. The molecule has 0 radical (unpaired) electrons. The number of carbonyl (C=O) groups is 2. The summed E-state index contributed by atoms with van der Waals surface area (Å²) in [6.45, 7) is 4.27. The molecule has 144 valence electrons. The maximum atomic E-state index is 12.6. The second-order valence-electron chi connectivity index (χ2n) is 7.87. The third-order valence-electron chi connectivity index (χ3n) is 5.81. The maximum Gasteiger partial charge on any atom is 0.248 e. The quantitative estimate of drug-likeness (QED) is 0.891. The molecule has 1 aromatic carbocycles. The van der Waals surface area contributed by atoms with Crippen LogP contribution in [-0.4, -0.2) is 64.9 Å². The van der Waals surface area contributed by atoms with Gasteiger partial charge in [0, 0.05) is 26.7 Å². The van der Waals surface area contributed by atoms with Crippen molar-refractivity contribution in [1.82, 2.24) is 19.8 Å². The van der Waals surface area contributed by atoms with Crippen LogP contribution in [0.15, 0.2) is 18.2 Å². The number of amides is 2. The van der Waals surface area contributed by atoms with Gasteiger partial charge in [-0.05, 0) is 43.9 Å². The highest BCUT2D eigenvalue weighted by Crippen LogP contribution is 2.39. The number of hydrogen-bond donors (Lipinski definition) is 1. The molecule has 2 aliphatic heterocycles. The Morgan fingerprint density at radius 3 is 3.04 bits per heavy atom. The van der Waals surface area contributed by atoms with Gasteiger partial charge >= 0.3 is 0 Å². The highest BCUT2D eigenvalue weighted by Gasteiger charge is 2.48. The molecule has 0 unspecified atom stereocenters. The Morgan fingerprint density at radius 1 is 1.33 bits per heavy atom. The summed E-state index contributed by atoms with van der Waals surface area (Å²) in [5, 5.41) is 0. The molecule has 3 heterocycles. The Morgan fingerprint density at radius 2 is 2.19 bits per heavy atom. The molecule has 1 atom stereocenters. The molecule has 7 nitrogen and oxygen atoms in total. The molecule has 0 bridgehead atoms. The number of aromatic nitrogens is 2. The molecule has 0 saturated carbocycles. The van der Waals surface area contributed by atoms with E-state index >= 15 is 0 Å². The van der Waals surface area contributed by atoms with E-state index < -0.39 is 0 Å². The summed E-state index contributed by atoms with van der Waals surface area (Å²) in [5.74, 6) is 0.841. The summed E-state index contributed by atoms with van der Waals surface area (Å²) < 4.78 is 5.60. The van der Waals surface area contributed by atoms with Gasteiger partial charge < -0.3 is 19.5 Å². The van der Waals surface area contributed by atoms with E-state index in [2.05, 4.69) is 9.97 Å². The van der Waals surface area contributed by atoms with Gasteiger partial charge in [-0.25, -0.2) is 4.98 Å². The lowest BCUT2D eigenvalue weighted by atomic mass is 9.78. The number of likely N-dealkylation sites (tertiary alicyclic amines) is 2. The van der Waals surface area contributed by atoms with Gasteiger partial charge in [-0.1, -0.05) is 6.07 Å². The van der Waals surface area contributed by atoms with Gasteiger partial charge in [0.05, 0.1) is 16.4 Å². The van der Waals surface area contributed by atoms with Crippen LogP contribution in [0.1, 0.15) is 30.7 Å². The smallest absolute Gasteiger partial charge is 0.248 e. The van der Waals surface area contributed by atoms with E-state index in [9.17, 15) is 9.59 Å². The van der Waals surface area contributed by atoms with Crippen molar-refractivity contribution in [3.05, 3.63) is 29.6 Å².